The second-order valence-corrected chi connectivity index (χ2v) is 4.73. The first-order valence-electron chi connectivity index (χ1n) is 6.32. The van der Waals surface area contributed by atoms with Crippen molar-refractivity contribution in [2.45, 2.75) is 20.8 Å². The summed E-state index contributed by atoms with van der Waals surface area (Å²) in [7, 11) is 0. The maximum absolute atomic E-state index is 5.95. The van der Waals surface area contributed by atoms with Crippen molar-refractivity contribution in [2.24, 2.45) is 0 Å². The van der Waals surface area contributed by atoms with Gasteiger partial charge in [-0.05, 0) is 26.8 Å². The first-order chi connectivity index (χ1) is 9.59. The van der Waals surface area contributed by atoms with Gasteiger partial charge in [0, 0.05) is 23.5 Å². The van der Waals surface area contributed by atoms with E-state index < -0.39 is 0 Å². The van der Waals surface area contributed by atoms with Gasteiger partial charge in [0.25, 0.3) is 0 Å². The predicted octanol–water partition coefficient (Wildman–Crippen LogP) is 3.50. The number of pyridine rings is 1. The number of hydrogen-bond acceptors (Lipinski definition) is 5. The van der Waals surface area contributed by atoms with Crippen molar-refractivity contribution in [1.82, 2.24) is 10.1 Å². The van der Waals surface area contributed by atoms with Crippen molar-refractivity contribution in [3.8, 4) is 22.5 Å². The number of anilines is 1. The summed E-state index contributed by atoms with van der Waals surface area (Å²) in [5, 5.41) is 3.89. The quantitative estimate of drug-likeness (QED) is 0.770. The van der Waals surface area contributed by atoms with Crippen LogP contribution in [0.25, 0.3) is 22.5 Å². The van der Waals surface area contributed by atoms with Crippen LogP contribution in [-0.2, 0) is 0 Å². The lowest BCUT2D eigenvalue weighted by Gasteiger charge is -2.02. The summed E-state index contributed by atoms with van der Waals surface area (Å²) in [6, 6.07) is 3.78. The maximum Gasteiger partial charge on any atom is 0.180 e. The molecule has 0 aromatic carbocycles. The highest BCUT2D eigenvalue weighted by Crippen LogP contribution is 2.40. The van der Waals surface area contributed by atoms with Crippen molar-refractivity contribution >= 4 is 5.82 Å². The second-order valence-electron chi connectivity index (χ2n) is 4.73. The zero-order valence-electron chi connectivity index (χ0n) is 11.6. The lowest BCUT2D eigenvalue weighted by Crippen LogP contribution is -1.90. The molecule has 102 valence electrons. The lowest BCUT2D eigenvalue weighted by molar-refractivity contribution is 0.434. The van der Waals surface area contributed by atoms with Crippen LogP contribution in [0.1, 0.15) is 17.1 Å². The summed E-state index contributed by atoms with van der Waals surface area (Å²) in [5.41, 5.74) is 9.52. The monoisotopic (exact) mass is 269 g/mol. The number of aryl methyl sites for hydroxylation is 2. The number of rotatable bonds is 2. The molecule has 0 unspecified atom stereocenters. The molecule has 0 atom stereocenters. The topological polar surface area (TPSA) is 78.1 Å². The summed E-state index contributed by atoms with van der Waals surface area (Å²) >= 11 is 0. The van der Waals surface area contributed by atoms with E-state index in [0.717, 1.165) is 33.8 Å². The third kappa shape index (κ3) is 1.79. The average molecular weight is 269 g/mol. The smallest absolute Gasteiger partial charge is 0.180 e. The molecule has 5 nitrogen and oxygen atoms in total. The molecule has 0 spiro atoms. The molecule has 5 heteroatoms. The van der Waals surface area contributed by atoms with Gasteiger partial charge in [0.05, 0.1) is 11.1 Å². The van der Waals surface area contributed by atoms with E-state index in [0.29, 0.717) is 11.6 Å². The first-order valence-corrected chi connectivity index (χ1v) is 6.32. The van der Waals surface area contributed by atoms with E-state index in [-0.39, 0.29) is 0 Å². The summed E-state index contributed by atoms with van der Waals surface area (Å²) < 4.78 is 11.1. The van der Waals surface area contributed by atoms with E-state index in [1.165, 1.54) is 0 Å². The molecule has 3 rings (SSSR count). The third-order valence-corrected chi connectivity index (χ3v) is 3.46. The summed E-state index contributed by atoms with van der Waals surface area (Å²) in [4.78, 5) is 4.12. The van der Waals surface area contributed by atoms with Gasteiger partial charge < -0.3 is 14.7 Å². The van der Waals surface area contributed by atoms with Crippen molar-refractivity contribution in [3.05, 3.63) is 41.6 Å². The number of nitrogen functional groups attached to an aromatic ring is 1. The summed E-state index contributed by atoms with van der Waals surface area (Å²) in [6.45, 7) is 5.82. The Morgan fingerprint density at radius 3 is 2.50 bits per heavy atom. The van der Waals surface area contributed by atoms with E-state index in [9.17, 15) is 0 Å². The molecule has 0 aliphatic heterocycles. The van der Waals surface area contributed by atoms with Gasteiger partial charge in [-0.1, -0.05) is 11.2 Å². The maximum atomic E-state index is 5.95. The Hall–Kier alpha value is -2.56. The normalized spacial score (nSPS) is 10.9. The Kier molecular flexibility index (Phi) is 2.82. The van der Waals surface area contributed by atoms with Crippen LogP contribution >= 0.6 is 0 Å². The number of hydrogen-bond donors (Lipinski definition) is 1. The fourth-order valence-electron chi connectivity index (χ4n) is 2.39. The zero-order chi connectivity index (χ0) is 14.3. The molecule has 0 amide bonds. The third-order valence-electron chi connectivity index (χ3n) is 3.46. The Morgan fingerprint density at radius 2 is 1.90 bits per heavy atom. The van der Waals surface area contributed by atoms with Gasteiger partial charge in [-0.25, -0.2) is 0 Å². The minimum atomic E-state index is 0.352. The molecule has 0 fully saturated rings. The van der Waals surface area contributed by atoms with Crippen molar-refractivity contribution < 1.29 is 8.94 Å². The first kappa shape index (κ1) is 12.5. The van der Waals surface area contributed by atoms with E-state index >= 15 is 0 Å². The largest absolute Gasteiger partial charge is 0.466 e. The lowest BCUT2D eigenvalue weighted by atomic mass is 10.0. The molecule has 3 aromatic rings. The van der Waals surface area contributed by atoms with E-state index in [4.69, 9.17) is 14.7 Å². The molecule has 0 aliphatic rings. The summed E-state index contributed by atoms with van der Waals surface area (Å²) in [6.07, 6.45) is 3.45. The van der Waals surface area contributed by atoms with Gasteiger partial charge >= 0.3 is 0 Å². The highest BCUT2D eigenvalue weighted by atomic mass is 16.5. The van der Waals surface area contributed by atoms with Gasteiger partial charge in [0.2, 0.25) is 0 Å². The van der Waals surface area contributed by atoms with Crippen LogP contribution in [0.3, 0.4) is 0 Å². The van der Waals surface area contributed by atoms with Gasteiger partial charge in [-0.3, -0.25) is 4.98 Å². The minimum Gasteiger partial charge on any atom is -0.466 e. The van der Waals surface area contributed by atoms with Crippen molar-refractivity contribution in [1.29, 1.82) is 0 Å². The molecule has 3 aromatic heterocycles. The Bertz CT molecular complexity index is 757. The highest BCUT2D eigenvalue weighted by molar-refractivity contribution is 5.87. The van der Waals surface area contributed by atoms with Crippen molar-refractivity contribution in [2.75, 3.05) is 5.73 Å². The number of nitrogens with two attached hydrogens (primary N) is 1. The van der Waals surface area contributed by atoms with Gasteiger partial charge in [0.1, 0.15) is 11.5 Å². The Balaban J connectivity index is 2.27. The molecule has 0 saturated carbocycles. The van der Waals surface area contributed by atoms with Crippen LogP contribution in [0, 0.1) is 20.8 Å². The molecule has 0 aliphatic carbocycles. The van der Waals surface area contributed by atoms with E-state index in [2.05, 4.69) is 10.1 Å². The minimum absolute atomic E-state index is 0.352. The standard InChI is InChI=1S/C15H15N3O2/c1-8-9(2)19-10(3)12(8)14-13(15(16)18-20-14)11-5-4-6-17-7-11/h4-7H,1-3H3,(H2,16,18). The second kappa shape index (κ2) is 4.52. The predicted molar refractivity (Wildman–Crippen MR) is 76.1 cm³/mol. The summed E-state index contributed by atoms with van der Waals surface area (Å²) in [5.74, 6) is 2.64. The van der Waals surface area contributed by atoms with Crippen LogP contribution in [0.15, 0.2) is 33.5 Å². The molecular formula is C15H15N3O2. The van der Waals surface area contributed by atoms with Crippen LogP contribution in [-0.4, -0.2) is 10.1 Å². The van der Waals surface area contributed by atoms with Gasteiger partial charge in [-0.2, -0.15) is 0 Å². The van der Waals surface area contributed by atoms with Crippen LogP contribution in [0.4, 0.5) is 5.82 Å². The number of nitrogens with zero attached hydrogens (tertiary/aromatic N) is 2. The SMILES string of the molecule is Cc1oc(C)c(-c2onc(N)c2-c2cccnc2)c1C. The van der Waals surface area contributed by atoms with Crippen LogP contribution in [0.5, 0.6) is 0 Å². The van der Waals surface area contributed by atoms with Gasteiger partial charge in [-0.15, -0.1) is 0 Å². The van der Waals surface area contributed by atoms with Gasteiger partial charge in [0.15, 0.2) is 11.6 Å². The Labute approximate surface area is 116 Å². The molecular weight excluding hydrogens is 254 g/mol. The molecule has 0 bridgehead atoms. The fourth-order valence-corrected chi connectivity index (χ4v) is 2.39. The van der Waals surface area contributed by atoms with Crippen molar-refractivity contribution in [3.63, 3.8) is 0 Å². The molecule has 20 heavy (non-hydrogen) atoms. The molecule has 2 N–H and O–H groups in total. The highest BCUT2D eigenvalue weighted by Gasteiger charge is 2.24. The fraction of sp³-hybridized carbons (Fsp3) is 0.200. The average Bonchev–Trinajstić information content (AvgIpc) is 2.92. The zero-order valence-corrected chi connectivity index (χ0v) is 11.6. The molecule has 3 heterocycles. The molecule has 0 radical (unpaired) electrons. The van der Waals surface area contributed by atoms with E-state index in [1.807, 2.05) is 32.9 Å². The molecule has 0 saturated heterocycles. The number of furan rings is 1. The Morgan fingerprint density at radius 1 is 1.10 bits per heavy atom. The van der Waals surface area contributed by atoms with Crippen LogP contribution < -0.4 is 5.73 Å². The van der Waals surface area contributed by atoms with E-state index in [1.54, 1.807) is 12.4 Å². The van der Waals surface area contributed by atoms with Crippen LogP contribution in [0.2, 0.25) is 0 Å². The number of aromatic nitrogens is 2.